The van der Waals surface area contributed by atoms with Crippen LogP contribution < -0.4 is 5.32 Å². The average Bonchev–Trinajstić information content (AvgIpc) is 2.40. The monoisotopic (exact) mass is 250 g/mol. The van der Waals surface area contributed by atoms with Gasteiger partial charge in [0.05, 0.1) is 0 Å². The molecule has 0 aromatic carbocycles. The average molecular weight is 250 g/mol. The van der Waals surface area contributed by atoms with E-state index in [9.17, 15) is 0 Å². The van der Waals surface area contributed by atoms with Gasteiger partial charge in [-0.25, -0.2) is 0 Å². The highest BCUT2D eigenvalue weighted by Crippen LogP contribution is 2.26. The fourth-order valence-electron chi connectivity index (χ4n) is 2.51. The van der Waals surface area contributed by atoms with Gasteiger partial charge in [0, 0.05) is 23.7 Å². The molecule has 1 aliphatic rings. The van der Waals surface area contributed by atoms with Crippen LogP contribution in [0.5, 0.6) is 0 Å². The van der Waals surface area contributed by atoms with Crippen molar-refractivity contribution in [1.82, 2.24) is 10.3 Å². The molecule has 2 rings (SSSR count). The van der Waals surface area contributed by atoms with Crippen molar-refractivity contribution in [3.8, 4) is 0 Å². The minimum Gasteiger partial charge on any atom is -0.314 e. The molecule has 0 aliphatic heterocycles. The molecule has 0 amide bonds. The lowest BCUT2D eigenvalue weighted by atomic mass is 9.95. The summed E-state index contributed by atoms with van der Waals surface area (Å²) in [5, 5.41) is 4.57. The summed E-state index contributed by atoms with van der Waals surface area (Å²) in [6, 6.07) is 4.90. The molecule has 1 aromatic heterocycles. The first-order chi connectivity index (χ1) is 8.38. The second kappa shape index (κ2) is 7.02. The molecule has 3 heteroatoms. The maximum Gasteiger partial charge on any atom is 0.0300 e. The summed E-state index contributed by atoms with van der Waals surface area (Å²) in [6.45, 7) is 1.08. The van der Waals surface area contributed by atoms with Gasteiger partial charge >= 0.3 is 0 Å². The van der Waals surface area contributed by atoms with Crippen LogP contribution in [-0.2, 0) is 6.42 Å². The third-order valence-corrected chi connectivity index (χ3v) is 4.62. The van der Waals surface area contributed by atoms with E-state index in [-0.39, 0.29) is 0 Å². The highest BCUT2D eigenvalue weighted by Gasteiger charge is 2.20. The van der Waals surface area contributed by atoms with E-state index in [1.54, 1.807) is 0 Å². The van der Waals surface area contributed by atoms with Crippen LogP contribution in [-0.4, -0.2) is 29.1 Å². The van der Waals surface area contributed by atoms with E-state index in [0.717, 1.165) is 24.3 Å². The molecular weight excluding hydrogens is 228 g/mol. The molecule has 0 spiro atoms. The second-order valence-corrected chi connectivity index (χ2v) is 5.92. The predicted molar refractivity (Wildman–Crippen MR) is 75.5 cm³/mol. The maximum absolute atomic E-state index is 4.14. The van der Waals surface area contributed by atoms with Crippen LogP contribution in [0.4, 0.5) is 0 Å². The third-order valence-electron chi connectivity index (χ3n) is 3.53. The largest absolute Gasteiger partial charge is 0.314 e. The molecule has 17 heavy (non-hydrogen) atoms. The molecule has 0 radical (unpaired) electrons. The molecule has 1 heterocycles. The van der Waals surface area contributed by atoms with E-state index in [1.807, 2.05) is 30.2 Å². The number of pyridine rings is 1. The summed E-state index contributed by atoms with van der Waals surface area (Å²) in [4.78, 5) is 4.14. The topological polar surface area (TPSA) is 24.9 Å². The van der Waals surface area contributed by atoms with Crippen LogP contribution >= 0.6 is 11.8 Å². The molecule has 0 saturated heterocycles. The van der Waals surface area contributed by atoms with E-state index in [2.05, 4.69) is 22.6 Å². The summed E-state index contributed by atoms with van der Waals surface area (Å²) < 4.78 is 0. The zero-order valence-corrected chi connectivity index (χ0v) is 11.4. The summed E-state index contributed by atoms with van der Waals surface area (Å²) in [7, 11) is 0. The second-order valence-electron chi connectivity index (χ2n) is 4.79. The lowest BCUT2D eigenvalue weighted by Gasteiger charge is -2.28. The maximum atomic E-state index is 4.14. The van der Waals surface area contributed by atoms with Gasteiger partial charge in [-0.1, -0.05) is 12.5 Å². The zero-order valence-electron chi connectivity index (χ0n) is 10.6. The number of rotatable bonds is 5. The van der Waals surface area contributed by atoms with Crippen molar-refractivity contribution in [2.45, 2.75) is 43.4 Å². The SMILES string of the molecule is CSC1CCCC(NCCc2cccnc2)C1. The van der Waals surface area contributed by atoms with Crippen molar-refractivity contribution >= 4 is 11.8 Å². The summed E-state index contributed by atoms with van der Waals surface area (Å²) >= 11 is 2.03. The van der Waals surface area contributed by atoms with Crippen molar-refractivity contribution in [2.24, 2.45) is 0 Å². The Morgan fingerprint density at radius 3 is 3.18 bits per heavy atom. The van der Waals surface area contributed by atoms with Gasteiger partial charge in [0.1, 0.15) is 0 Å². The Bertz CT molecular complexity index is 315. The Labute approximate surface area is 109 Å². The van der Waals surface area contributed by atoms with Crippen molar-refractivity contribution in [3.63, 3.8) is 0 Å². The first-order valence-electron chi connectivity index (χ1n) is 6.53. The van der Waals surface area contributed by atoms with Crippen LogP contribution in [0.15, 0.2) is 24.5 Å². The minimum atomic E-state index is 0.734. The molecular formula is C14H22N2S. The molecule has 1 N–H and O–H groups in total. The van der Waals surface area contributed by atoms with Gasteiger partial charge in [-0.3, -0.25) is 4.98 Å². The lowest BCUT2D eigenvalue weighted by Crippen LogP contribution is -2.36. The quantitative estimate of drug-likeness (QED) is 0.870. The van der Waals surface area contributed by atoms with E-state index in [4.69, 9.17) is 0 Å². The van der Waals surface area contributed by atoms with Crippen molar-refractivity contribution in [1.29, 1.82) is 0 Å². The van der Waals surface area contributed by atoms with Crippen molar-refractivity contribution in [2.75, 3.05) is 12.8 Å². The Morgan fingerprint density at radius 2 is 2.41 bits per heavy atom. The Morgan fingerprint density at radius 1 is 1.47 bits per heavy atom. The number of aromatic nitrogens is 1. The molecule has 1 aliphatic carbocycles. The molecule has 2 nitrogen and oxygen atoms in total. The molecule has 1 aromatic rings. The summed E-state index contributed by atoms with van der Waals surface area (Å²) in [5.74, 6) is 0. The fraction of sp³-hybridized carbons (Fsp3) is 0.643. The third kappa shape index (κ3) is 4.32. The van der Waals surface area contributed by atoms with Gasteiger partial charge in [-0.2, -0.15) is 11.8 Å². The molecule has 2 unspecified atom stereocenters. The van der Waals surface area contributed by atoms with Crippen molar-refractivity contribution < 1.29 is 0 Å². The highest BCUT2D eigenvalue weighted by atomic mass is 32.2. The number of hydrogen-bond acceptors (Lipinski definition) is 3. The van der Waals surface area contributed by atoms with Gasteiger partial charge in [0.15, 0.2) is 0 Å². The van der Waals surface area contributed by atoms with Crippen molar-refractivity contribution in [3.05, 3.63) is 30.1 Å². The molecule has 2 atom stereocenters. The minimum absolute atomic E-state index is 0.734. The first kappa shape index (κ1) is 12.9. The number of nitrogens with zero attached hydrogens (tertiary/aromatic N) is 1. The van der Waals surface area contributed by atoms with Crippen LogP contribution in [0, 0.1) is 0 Å². The first-order valence-corrected chi connectivity index (χ1v) is 7.82. The Hall–Kier alpha value is -0.540. The van der Waals surface area contributed by atoms with Crippen LogP contribution in [0.3, 0.4) is 0 Å². The van der Waals surface area contributed by atoms with Crippen LogP contribution in [0.2, 0.25) is 0 Å². The lowest BCUT2D eigenvalue weighted by molar-refractivity contribution is 0.383. The summed E-state index contributed by atoms with van der Waals surface area (Å²) in [5.41, 5.74) is 1.33. The number of thioether (sulfide) groups is 1. The molecule has 0 bridgehead atoms. The van der Waals surface area contributed by atoms with Crippen LogP contribution in [0.1, 0.15) is 31.2 Å². The number of hydrogen-bond donors (Lipinski definition) is 1. The van der Waals surface area contributed by atoms with E-state index in [1.165, 1.54) is 31.2 Å². The van der Waals surface area contributed by atoms with E-state index < -0.39 is 0 Å². The van der Waals surface area contributed by atoms with Crippen LogP contribution in [0.25, 0.3) is 0 Å². The molecule has 1 saturated carbocycles. The predicted octanol–water partition coefficient (Wildman–Crippen LogP) is 2.89. The van der Waals surface area contributed by atoms with Gasteiger partial charge < -0.3 is 5.32 Å². The highest BCUT2D eigenvalue weighted by molar-refractivity contribution is 7.99. The standard InChI is InChI=1S/C14H22N2S/c1-17-14-6-2-5-13(10-14)16-9-7-12-4-3-8-15-11-12/h3-4,8,11,13-14,16H,2,5-7,9-10H2,1H3. The number of nitrogens with one attached hydrogen (secondary N) is 1. The Kier molecular flexibility index (Phi) is 5.33. The normalized spacial score (nSPS) is 24.8. The van der Waals surface area contributed by atoms with Gasteiger partial charge in [-0.05, 0) is 50.1 Å². The van der Waals surface area contributed by atoms with Gasteiger partial charge in [-0.15, -0.1) is 0 Å². The Balaban J connectivity index is 1.68. The molecule has 1 fully saturated rings. The zero-order chi connectivity index (χ0) is 11.9. The fourth-order valence-corrected chi connectivity index (χ4v) is 3.34. The summed E-state index contributed by atoms with van der Waals surface area (Å²) in [6.07, 6.45) is 12.6. The van der Waals surface area contributed by atoms with E-state index >= 15 is 0 Å². The van der Waals surface area contributed by atoms with Gasteiger partial charge in [0.2, 0.25) is 0 Å². The van der Waals surface area contributed by atoms with E-state index in [0.29, 0.717) is 0 Å². The molecule has 94 valence electrons. The smallest absolute Gasteiger partial charge is 0.0300 e. The van der Waals surface area contributed by atoms with Gasteiger partial charge in [0.25, 0.3) is 0 Å².